The molecule has 4 atom stereocenters. The third-order valence-electron chi connectivity index (χ3n) is 4.00. The summed E-state index contributed by atoms with van der Waals surface area (Å²) in [7, 11) is 0. The van der Waals surface area contributed by atoms with Crippen LogP contribution in [0, 0.1) is 17.8 Å². The van der Waals surface area contributed by atoms with Crippen LogP contribution in [0.4, 0.5) is 0 Å². The van der Waals surface area contributed by atoms with E-state index >= 15 is 0 Å². The van der Waals surface area contributed by atoms with Gasteiger partial charge in [0.15, 0.2) is 11.4 Å². The molecule has 1 aliphatic heterocycles. The number of ketones is 1. The number of epoxide rings is 1. The van der Waals surface area contributed by atoms with Crippen LogP contribution in [0.15, 0.2) is 24.3 Å². The van der Waals surface area contributed by atoms with Gasteiger partial charge in [0.2, 0.25) is 0 Å². The number of carbonyl (C=O) groups is 1. The van der Waals surface area contributed by atoms with Gasteiger partial charge in [0.1, 0.15) is 0 Å². The van der Waals surface area contributed by atoms with E-state index in [1.54, 1.807) is 0 Å². The normalized spacial score (nSPS) is 49.4. The van der Waals surface area contributed by atoms with Gasteiger partial charge in [-0.2, -0.15) is 0 Å². The molecule has 0 aromatic carbocycles. The Hall–Kier alpha value is -0.890. The highest BCUT2D eigenvalue weighted by molar-refractivity contribution is 5.96. The van der Waals surface area contributed by atoms with Gasteiger partial charge in [-0.1, -0.05) is 17.7 Å². The fraction of sp³-hybridized carbons (Fsp3) is 0.583. The third-order valence-corrected chi connectivity index (χ3v) is 4.00. The molecular formula is C12H14O2. The Kier molecular flexibility index (Phi) is 1.43. The van der Waals surface area contributed by atoms with Crippen LogP contribution in [0.2, 0.25) is 0 Å². The minimum absolute atomic E-state index is 0.0417. The van der Waals surface area contributed by atoms with Crippen molar-refractivity contribution in [1.82, 2.24) is 0 Å². The summed E-state index contributed by atoms with van der Waals surface area (Å²) in [4.78, 5) is 12.1. The van der Waals surface area contributed by atoms with E-state index in [0.29, 0.717) is 24.2 Å². The van der Waals surface area contributed by atoms with Crippen molar-refractivity contribution >= 4 is 5.78 Å². The summed E-state index contributed by atoms with van der Waals surface area (Å²) in [5, 5.41) is 0. The first-order valence-electron chi connectivity index (χ1n) is 5.18. The van der Waals surface area contributed by atoms with Crippen molar-refractivity contribution < 1.29 is 9.53 Å². The lowest BCUT2D eigenvalue weighted by atomic mass is 9.60. The molecule has 4 aliphatic rings. The Morgan fingerprint density at radius 1 is 1.71 bits per heavy atom. The van der Waals surface area contributed by atoms with Gasteiger partial charge in [0.25, 0.3) is 0 Å². The summed E-state index contributed by atoms with van der Waals surface area (Å²) in [5.74, 6) is 0.998. The van der Waals surface area contributed by atoms with Crippen molar-refractivity contribution in [2.75, 3.05) is 6.61 Å². The second-order valence-corrected chi connectivity index (χ2v) is 4.67. The van der Waals surface area contributed by atoms with E-state index in [2.05, 4.69) is 19.6 Å². The topological polar surface area (TPSA) is 29.6 Å². The number of fused-ring (bicyclic) bond motifs is 1. The minimum atomic E-state index is -0.400. The van der Waals surface area contributed by atoms with Crippen LogP contribution in [0.5, 0.6) is 0 Å². The molecule has 2 bridgehead atoms. The second kappa shape index (κ2) is 2.37. The molecule has 0 unspecified atom stereocenters. The van der Waals surface area contributed by atoms with Crippen molar-refractivity contribution in [2.45, 2.75) is 18.9 Å². The lowest BCUT2D eigenvalue weighted by molar-refractivity contribution is -0.133. The molecule has 4 rings (SSSR count). The molecule has 1 spiro atoms. The third kappa shape index (κ3) is 0.782. The SMILES string of the molecule is C=C[C@H]1C[C@H]2C(C)=C[C@@H]1C(=O)[C@]21CO1. The highest BCUT2D eigenvalue weighted by Crippen LogP contribution is 2.54. The number of allylic oxidation sites excluding steroid dienone is 2. The Balaban J connectivity index is 2.08. The summed E-state index contributed by atoms with van der Waals surface area (Å²) < 4.78 is 5.42. The maximum absolute atomic E-state index is 12.1. The van der Waals surface area contributed by atoms with Gasteiger partial charge >= 0.3 is 0 Å². The first kappa shape index (κ1) is 8.42. The summed E-state index contributed by atoms with van der Waals surface area (Å²) in [5.41, 5.74) is 0.938. The molecule has 0 aromatic heterocycles. The van der Waals surface area contributed by atoms with Gasteiger partial charge in [-0.25, -0.2) is 0 Å². The lowest BCUT2D eigenvalue weighted by Crippen LogP contribution is -2.50. The molecule has 0 N–H and O–H groups in total. The number of rotatable bonds is 1. The van der Waals surface area contributed by atoms with E-state index in [9.17, 15) is 4.79 Å². The smallest absolute Gasteiger partial charge is 0.175 e. The highest BCUT2D eigenvalue weighted by Gasteiger charge is 2.65. The van der Waals surface area contributed by atoms with Crippen LogP contribution in [0.3, 0.4) is 0 Å². The van der Waals surface area contributed by atoms with Crippen molar-refractivity contribution in [3.63, 3.8) is 0 Å². The Morgan fingerprint density at radius 2 is 2.43 bits per heavy atom. The Morgan fingerprint density at radius 3 is 3.00 bits per heavy atom. The van der Waals surface area contributed by atoms with Crippen molar-refractivity contribution in [3.8, 4) is 0 Å². The average Bonchev–Trinajstić information content (AvgIpc) is 2.95. The molecule has 14 heavy (non-hydrogen) atoms. The zero-order valence-corrected chi connectivity index (χ0v) is 8.32. The maximum atomic E-state index is 12.1. The molecule has 0 amide bonds. The van der Waals surface area contributed by atoms with Crippen molar-refractivity contribution in [1.29, 1.82) is 0 Å². The molecule has 74 valence electrons. The number of hydrogen-bond acceptors (Lipinski definition) is 2. The standard InChI is InChI=1S/C12H14O2/c1-3-8-5-10-7(2)4-9(8)11(13)12(10)6-14-12/h3-4,8-10H,1,5-6H2,2H3/t8-,9-,10-,12-/m0/s1. The van der Waals surface area contributed by atoms with Crippen LogP contribution >= 0.6 is 0 Å². The number of Topliss-reactive ketones (excluding diaryl/α,β-unsaturated/α-hetero) is 1. The van der Waals surface area contributed by atoms with E-state index in [1.165, 1.54) is 5.57 Å². The van der Waals surface area contributed by atoms with Crippen LogP contribution in [0.25, 0.3) is 0 Å². The zero-order valence-electron chi connectivity index (χ0n) is 8.32. The molecule has 0 radical (unpaired) electrons. The monoisotopic (exact) mass is 190 g/mol. The Bertz CT molecular complexity index is 349. The van der Waals surface area contributed by atoms with Crippen LogP contribution in [-0.4, -0.2) is 18.0 Å². The van der Waals surface area contributed by atoms with Crippen LogP contribution < -0.4 is 0 Å². The van der Waals surface area contributed by atoms with Gasteiger partial charge in [-0.15, -0.1) is 6.58 Å². The largest absolute Gasteiger partial charge is 0.361 e. The molecule has 2 fully saturated rings. The minimum Gasteiger partial charge on any atom is -0.361 e. The van der Waals surface area contributed by atoms with Gasteiger partial charge in [0.05, 0.1) is 6.61 Å². The summed E-state index contributed by atoms with van der Waals surface area (Å²) in [6.07, 6.45) is 5.09. The molecule has 1 saturated carbocycles. The zero-order chi connectivity index (χ0) is 9.92. The van der Waals surface area contributed by atoms with Gasteiger partial charge in [-0.3, -0.25) is 4.79 Å². The lowest BCUT2D eigenvalue weighted by Gasteiger charge is -2.42. The molecule has 0 aromatic rings. The van der Waals surface area contributed by atoms with E-state index in [-0.39, 0.29) is 5.92 Å². The van der Waals surface area contributed by atoms with E-state index in [1.807, 2.05) is 6.08 Å². The molecular weight excluding hydrogens is 176 g/mol. The Labute approximate surface area is 83.6 Å². The molecule has 2 heteroatoms. The number of carbonyl (C=O) groups excluding carboxylic acids is 1. The van der Waals surface area contributed by atoms with Crippen molar-refractivity contribution in [3.05, 3.63) is 24.3 Å². The summed E-state index contributed by atoms with van der Waals surface area (Å²) in [6.45, 7) is 6.57. The average molecular weight is 190 g/mol. The summed E-state index contributed by atoms with van der Waals surface area (Å²) in [6, 6.07) is 0. The van der Waals surface area contributed by atoms with Crippen LogP contribution in [-0.2, 0) is 9.53 Å². The molecule has 1 saturated heterocycles. The number of hydrogen-bond donors (Lipinski definition) is 0. The fourth-order valence-electron chi connectivity index (χ4n) is 3.07. The first-order chi connectivity index (χ1) is 6.69. The van der Waals surface area contributed by atoms with E-state index in [4.69, 9.17) is 4.74 Å². The summed E-state index contributed by atoms with van der Waals surface area (Å²) >= 11 is 0. The van der Waals surface area contributed by atoms with Gasteiger partial charge in [-0.05, 0) is 19.3 Å². The molecule has 2 nitrogen and oxygen atoms in total. The second-order valence-electron chi connectivity index (χ2n) is 4.67. The van der Waals surface area contributed by atoms with Gasteiger partial charge < -0.3 is 4.74 Å². The molecule has 3 aliphatic carbocycles. The predicted molar refractivity (Wildman–Crippen MR) is 52.7 cm³/mol. The molecule has 1 heterocycles. The van der Waals surface area contributed by atoms with Crippen molar-refractivity contribution in [2.24, 2.45) is 17.8 Å². The quantitative estimate of drug-likeness (QED) is 0.465. The van der Waals surface area contributed by atoms with Crippen LogP contribution in [0.1, 0.15) is 13.3 Å². The first-order valence-corrected chi connectivity index (χ1v) is 5.18. The highest BCUT2D eigenvalue weighted by atomic mass is 16.6. The van der Waals surface area contributed by atoms with Gasteiger partial charge in [0, 0.05) is 11.8 Å². The maximum Gasteiger partial charge on any atom is 0.175 e. The number of ether oxygens (including phenoxy) is 1. The fourth-order valence-corrected chi connectivity index (χ4v) is 3.07. The predicted octanol–water partition coefficient (Wildman–Crippen LogP) is 1.72. The van der Waals surface area contributed by atoms with E-state index < -0.39 is 5.60 Å². The van der Waals surface area contributed by atoms with E-state index in [0.717, 1.165) is 6.42 Å².